The maximum Gasteiger partial charge on any atom is 0.302 e. The Labute approximate surface area is 120 Å². The van der Waals surface area contributed by atoms with E-state index in [0.717, 1.165) is 25.8 Å². The fraction of sp³-hybridized carbons (Fsp3) is 0.929. The van der Waals surface area contributed by atoms with Gasteiger partial charge in [0, 0.05) is 32.5 Å². The van der Waals surface area contributed by atoms with E-state index in [0.29, 0.717) is 25.4 Å². The Bertz CT molecular complexity index is 325. The molecule has 0 aliphatic carbocycles. The van der Waals surface area contributed by atoms with Crippen molar-refractivity contribution in [3.8, 4) is 0 Å². The molecular formula is C14H25NO5. The third kappa shape index (κ3) is 3.69. The van der Waals surface area contributed by atoms with Gasteiger partial charge in [0.05, 0.1) is 18.8 Å². The van der Waals surface area contributed by atoms with Crippen LogP contribution in [-0.2, 0) is 23.8 Å². The molecule has 2 fully saturated rings. The number of ether oxygens (including phenoxy) is 3. The quantitative estimate of drug-likeness (QED) is 0.400. The summed E-state index contributed by atoms with van der Waals surface area (Å²) in [5.74, 6) is 0.138. The molecule has 20 heavy (non-hydrogen) atoms. The van der Waals surface area contributed by atoms with Gasteiger partial charge in [0.1, 0.15) is 6.79 Å². The maximum absolute atomic E-state index is 10.8. The van der Waals surface area contributed by atoms with Crippen LogP contribution in [0.4, 0.5) is 0 Å². The van der Waals surface area contributed by atoms with E-state index in [9.17, 15) is 4.79 Å². The van der Waals surface area contributed by atoms with Crippen molar-refractivity contribution in [1.29, 1.82) is 0 Å². The molecule has 5 atom stereocenters. The Morgan fingerprint density at radius 2 is 2.25 bits per heavy atom. The van der Waals surface area contributed by atoms with Crippen molar-refractivity contribution < 1.29 is 23.8 Å². The van der Waals surface area contributed by atoms with E-state index in [1.165, 1.54) is 6.92 Å². The van der Waals surface area contributed by atoms with Crippen molar-refractivity contribution in [3.05, 3.63) is 0 Å². The van der Waals surface area contributed by atoms with Crippen LogP contribution in [0.3, 0.4) is 0 Å². The molecule has 2 heterocycles. The Morgan fingerprint density at radius 3 is 2.95 bits per heavy atom. The molecule has 0 amide bonds. The average molecular weight is 287 g/mol. The lowest BCUT2D eigenvalue weighted by Crippen LogP contribution is -2.46. The summed E-state index contributed by atoms with van der Waals surface area (Å²) < 4.78 is 15.8. The summed E-state index contributed by atoms with van der Waals surface area (Å²) in [5, 5.41) is 2.08. The number of nitrogens with zero attached hydrogens (tertiary/aromatic N) is 1. The number of carbonyl (C=O) groups is 1. The average Bonchev–Trinajstić information content (AvgIpc) is 2.62. The van der Waals surface area contributed by atoms with Crippen LogP contribution >= 0.6 is 0 Å². The summed E-state index contributed by atoms with van der Waals surface area (Å²) in [6, 6.07) is 0.344. The molecule has 2 rings (SSSR count). The lowest BCUT2D eigenvalue weighted by molar-refractivity contribution is -0.166. The normalized spacial score (nSPS) is 36.0. The summed E-state index contributed by atoms with van der Waals surface area (Å²) >= 11 is 0. The van der Waals surface area contributed by atoms with Crippen LogP contribution in [0.5, 0.6) is 0 Å². The Kier molecular flexibility index (Phi) is 5.77. The first-order chi connectivity index (χ1) is 9.63. The zero-order valence-electron chi connectivity index (χ0n) is 12.5. The second kappa shape index (κ2) is 7.36. The predicted molar refractivity (Wildman–Crippen MR) is 71.8 cm³/mol. The highest BCUT2D eigenvalue weighted by Gasteiger charge is 2.48. The first-order valence-electron chi connectivity index (χ1n) is 7.30. The second-order valence-corrected chi connectivity index (χ2v) is 5.48. The van der Waals surface area contributed by atoms with Crippen molar-refractivity contribution in [3.63, 3.8) is 0 Å². The summed E-state index contributed by atoms with van der Waals surface area (Å²) in [7, 11) is 1.64. The smallest absolute Gasteiger partial charge is 0.302 e. The van der Waals surface area contributed by atoms with E-state index in [-0.39, 0.29) is 18.2 Å². The van der Waals surface area contributed by atoms with E-state index >= 15 is 0 Å². The van der Waals surface area contributed by atoms with Gasteiger partial charge in [-0.15, -0.1) is 0 Å². The molecule has 2 saturated heterocycles. The zero-order valence-corrected chi connectivity index (χ0v) is 12.5. The first-order valence-corrected chi connectivity index (χ1v) is 7.30. The van der Waals surface area contributed by atoms with Gasteiger partial charge >= 0.3 is 5.97 Å². The van der Waals surface area contributed by atoms with Gasteiger partial charge in [-0.1, -0.05) is 0 Å². The molecule has 0 N–H and O–H groups in total. The number of hydrogen-bond donors (Lipinski definition) is 0. The van der Waals surface area contributed by atoms with Gasteiger partial charge in [0.2, 0.25) is 0 Å². The van der Waals surface area contributed by atoms with Crippen molar-refractivity contribution in [1.82, 2.24) is 5.06 Å². The highest BCUT2D eigenvalue weighted by molar-refractivity contribution is 5.65. The third-order valence-corrected chi connectivity index (χ3v) is 4.07. The second-order valence-electron chi connectivity index (χ2n) is 5.48. The van der Waals surface area contributed by atoms with Crippen molar-refractivity contribution in [2.45, 2.75) is 51.4 Å². The molecule has 2 aliphatic rings. The molecule has 6 heteroatoms. The number of carbonyl (C=O) groups excluding carboxylic acids is 1. The number of methoxy groups -OCH3 is 1. The van der Waals surface area contributed by atoms with Gasteiger partial charge in [-0.2, -0.15) is 5.06 Å². The Balaban J connectivity index is 1.85. The Hall–Kier alpha value is -0.690. The predicted octanol–water partition coefficient (Wildman–Crippen LogP) is 1.34. The molecule has 2 aliphatic heterocycles. The van der Waals surface area contributed by atoms with E-state index in [2.05, 4.69) is 12.0 Å². The Morgan fingerprint density at radius 1 is 1.45 bits per heavy atom. The summed E-state index contributed by atoms with van der Waals surface area (Å²) in [5.41, 5.74) is 0. The van der Waals surface area contributed by atoms with Crippen molar-refractivity contribution in [2.75, 3.05) is 27.1 Å². The lowest BCUT2D eigenvalue weighted by atomic mass is 9.83. The molecule has 0 aromatic heterocycles. The van der Waals surface area contributed by atoms with Crippen molar-refractivity contribution in [2.24, 2.45) is 5.92 Å². The van der Waals surface area contributed by atoms with Crippen LogP contribution in [0.25, 0.3) is 0 Å². The monoisotopic (exact) mass is 287 g/mol. The maximum atomic E-state index is 10.8. The molecule has 0 saturated carbocycles. The molecule has 0 radical (unpaired) electrons. The minimum Gasteiger partial charge on any atom is -0.466 e. The van der Waals surface area contributed by atoms with Gasteiger partial charge < -0.3 is 14.2 Å². The first kappa shape index (κ1) is 15.7. The van der Waals surface area contributed by atoms with E-state index < -0.39 is 0 Å². The van der Waals surface area contributed by atoms with E-state index in [4.69, 9.17) is 19.0 Å². The van der Waals surface area contributed by atoms with Gasteiger partial charge in [-0.05, 0) is 26.2 Å². The van der Waals surface area contributed by atoms with Gasteiger partial charge in [-0.3, -0.25) is 9.63 Å². The number of fused-ring (bicyclic) bond motifs is 2. The summed E-state index contributed by atoms with van der Waals surface area (Å²) in [6.45, 7) is 5.22. The molecule has 116 valence electrons. The number of hydrogen-bond acceptors (Lipinski definition) is 6. The summed E-state index contributed by atoms with van der Waals surface area (Å²) in [4.78, 5) is 16.7. The highest BCUT2D eigenvalue weighted by atomic mass is 16.7. The van der Waals surface area contributed by atoms with Gasteiger partial charge in [0.15, 0.2) is 0 Å². The summed E-state index contributed by atoms with van der Waals surface area (Å²) in [6.07, 6.45) is 3.12. The van der Waals surface area contributed by atoms with Gasteiger partial charge in [0.25, 0.3) is 0 Å². The largest absolute Gasteiger partial charge is 0.466 e. The van der Waals surface area contributed by atoms with Crippen LogP contribution in [0.2, 0.25) is 0 Å². The van der Waals surface area contributed by atoms with Crippen LogP contribution in [0.15, 0.2) is 0 Å². The van der Waals surface area contributed by atoms with Crippen molar-refractivity contribution >= 4 is 5.97 Å². The van der Waals surface area contributed by atoms with Gasteiger partial charge in [-0.25, -0.2) is 0 Å². The molecule has 0 aromatic rings. The van der Waals surface area contributed by atoms with Crippen LogP contribution < -0.4 is 0 Å². The van der Waals surface area contributed by atoms with E-state index in [1.54, 1.807) is 7.11 Å². The van der Waals surface area contributed by atoms with E-state index in [1.807, 2.05) is 0 Å². The fourth-order valence-corrected chi connectivity index (χ4v) is 3.28. The van der Waals surface area contributed by atoms with Crippen LogP contribution in [0.1, 0.15) is 33.1 Å². The topological polar surface area (TPSA) is 57.2 Å². The number of esters is 1. The highest BCUT2D eigenvalue weighted by Crippen LogP contribution is 2.39. The zero-order chi connectivity index (χ0) is 14.5. The molecule has 0 aromatic carbocycles. The fourth-order valence-electron chi connectivity index (χ4n) is 3.28. The minimum atomic E-state index is -0.220. The molecule has 0 spiro atoms. The number of piperidine rings is 1. The molecule has 1 unspecified atom stereocenters. The lowest BCUT2D eigenvalue weighted by Gasteiger charge is -2.36. The third-order valence-electron chi connectivity index (χ3n) is 4.07. The number of hydroxylamine groups is 2. The molecule has 6 nitrogen and oxygen atoms in total. The minimum absolute atomic E-state index is 0.165. The molecule has 2 bridgehead atoms. The molecular weight excluding hydrogens is 262 g/mol. The van der Waals surface area contributed by atoms with Crippen LogP contribution in [0, 0.1) is 5.92 Å². The SMILES string of the molecule is COCO[C@H]1CCN2O[C@H](C)[C@@H]1[C@@H]2CCCOC(C)=O. The van der Waals surface area contributed by atoms with Crippen LogP contribution in [-0.4, -0.2) is 56.3 Å². The standard InChI is InChI=1S/C14H25NO5/c1-10-14-12(5-4-8-18-11(2)16)15(20-10)7-6-13(14)19-9-17-3/h10,12-14H,4-9H2,1-3H3/t10-,12+,13+,14-/m1/s1. The number of rotatable bonds is 7.